The Kier molecular flexibility index (Phi) is 2.99. The number of aromatic amines is 1. The van der Waals surface area contributed by atoms with Crippen molar-refractivity contribution in [2.45, 2.75) is 32.7 Å². The van der Waals surface area contributed by atoms with Crippen LogP contribution in [0.4, 0.5) is 0 Å². The lowest BCUT2D eigenvalue weighted by atomic mass is 10.0. The van der Waals surface area contributed by atoms with Gasteiger partial charge in [0.1, 0.15) is 0 Å². The summed E-state index contributed by atoms with van der Waals surface area (Å²) >= 11 is 4.84. The fourth-order valence-corrected chi connectivity index (χ4v) is 1.41. The minimum atomic E-state index is -0.508. The molecule has 1 aromatic rings. The highest BCUT2D eigenvalue weighted by Gasteiger charge is 2.22. The molecule has 1 heterocycles. The Morgan fingerprint density at radius 3 is 2.40 bits per heavy atom. The van der Waals surface area contributed by atoms with Crippen molar-refractivity contribution in [2.75, 3.05) is 0 Å². The maximum Gasteiger partial charge on any atom is 0.334 e. The lowest BCUT2D eigenvalue weighted by Gasteiger charge is -2.24. The van der Waals surface area contributed by atoms with Crippen LogP contribution in [0.25, 0.3) is 0 Å². The molecule has 0 aromatic carbocycles. The summed E-state index contributed by atoms with van der Waals surface area (Å²) in [7, 11) is 1.54. The van der Waals surface area contributed by atoms with Crippen LogP contribution in [0.5, 0.6) is 0 Å². The molecular formula is C9H15N3O2S. The van der Waals surface area contributed by atoms with Crippen LogP contribution < -0.4 is 11.4 Å². The van der Waals surface area contributed by atoms with E-state index < -0.39 is 11.2 Å². The van der Waals surface area contributed by atoms with Gasteiger partial charge in [0.15, 0.2) is 4.77 Å². The molecule has 0 radical (unpaired) electrons. The molecule has 0 amide bonds. The Morgan fingerprint density at radius 1 is 1.40 bits per heavy atom. The fraction of sp³-hybridized carbons (Fsp3) is 0.667. The molecule has 0 spiro atoms. The smallest absolute Gasteiger partial charge is 0.284 e. The molecule has 0 saturated carbocycles. The van der Waals surface area contributed by atoms with Gasteiger partial charge in [-0.25, -0.2) is 14.2 Å². The Balaban J connectivity index is 3.73. The second kappa shape index (κ2) is 3.77. The molecule has 0 aliphatic heterocycles. The van der Waals surface area contributed by atoms with Crippen molar-refractivity contribution in [1.82, 2.24) is 14.1 Å². The van der Waals surface area contributed by atoms with E-state index in [9.17, 15) is 9.59 Å². The van der Waals surface area contributed by atoms with Crippen LogP contribution in [0.1, 0.15) is 27.2 Å². The van der Waals surface area contributed by atoms with E-state index in [0.717, 1.165) is 0 Å². The fourth-order valence-electron chi connectivity index (χ4n) is 1.25. The average Bonchev–Trinajstić information content (AvgIpc) is 2.14. The van der Waals surface area contributed by atoms with Gasteiger partial charge in [-0.1, -0.05) is 6.92 Å². The molecular weight excluding hydrogens is 214 g/mol. The Bertz CT molecular complexity index is 536. The van der Waals surface area contributed by atoms with Crippen LogP contribution in [-0.2, 0) is 12.6 Å². The van der Waals surface area contributed by atoms with E-state index in [2.05, 4.69) is 4.98 Å². The molecule has 0 bridgehead atoms. The summed E-state index contributed by atoms with van der Waals surface area (Å²) in [5, 5.41) is 0. The molecule has 5 nitrogen and oxygen atoms in total. The number of H-pyrrole nitrogens is 1. The van der Waals surface area contributed by atoms with E-state index in [1.54, 1.807) is 7.05 Å². The molecule has 0 saturated heterocycles. The van der Waals surface area contributed by atoms with E-state index in [1.807, 2.05) is 20.8 Å². The minimum absolute atomic E-state index is 0.146. The van der Waals surface area contributed by atoms with Crippen molar-refractivity contribution in [3.8, 4) is 0 Å². The topological polar surface area (TPSA) is 59.8 Å². The lowest BCUT2D eigenvalue weighted by Crippen LogP contribution is -2.49. The molecule has 1 rings (SSSR count). The Hall–Kier alpha value is -1.17. The van der Waals surface area contributed by atoms with Gasteiger partial charge in [0.2, 0.25) is 0 Å². The second-order valence-corrected chi connectivity index (χ2v) is 4.46. The number of rotatable bonds is 2. The monoisotopic (exact) mass is 229 g/mol. The average molecular weight is 229 g/mol. The predicted molar refractivity (Wildman–Crippen MR) is 60.7 cm³/mol. The SMILES string of the molecule is CCC(C)(C)n1c(=O)[nH]c(=S)n(C)c1=O. The summed E-state index contributed by atoms with van der Waals surface area (Å²) in [5.74, 6) is 0. The largest absolute Gasteiger partial charge is 0.334 e. The van der Waals surface area contributed by atoms with E-state index >= 15 is 0 Å². The molecule has 0 unspecified atom stereocenters. The molecule has 84 valence electrons. The minimum Gasteiger partial charge on any atom is -0.284 e. The van der Waals surface area contributed by atoms with Crippen LogP contribution >= 0.6 is 12.2 Å². The molecule has 15 heavy (non-hydrogen) atoms. The van der Waals surface area contributed by atoms with Crippen LogP contribution in [0.2, 0.25) is 0 Å². The van der Waals surface area contributed by atoms with Gasteiger partial charge in [0, 0.05) is 12.6 Å². The molecule has 1 aromatic heterocycles. The molecule has 0 fully saturated rings. The van der Waals surface area contributed by atoms with E-state index in [0.29, 0.717) is 6.42 Å². The van der Waals surface area contributed by atoms with Crippen LogP contribution in [0.15, 0.2) is 9.59 Å². The zero-order chi connectivity index (χ0) is 11.8. The van der Waals surface area contributed by atoms with Crippen LogP contribution in [-0.4, -0.2) is 14.1 Å². The standard InChI is InChI=1S/C9H15N3O2S/c1-5-9(2,3)12-6(13)10-7(15)11(4)8(12)14/h5H2,1-4H3,(H,10,13,15). The molecule has 1 N–H and O–H groups in total. The summed E-state index contributed by atoms with van der Waals surface area (Å²) in [5.41, 5.74) is -1.34. The number of hydrogen-bond donors (Lipinski definition) is 1. The van der Waals surface area contributed by atoms with Gasteiger partial charge in [0.05, 0.1) is 0 Å². The number of hydrogen-bond acceptors (Lipinski definition) is 3. The molecule has 0 aliphatic rings. The highest BCUT2D eigenvalue weighted by Crippen LogP contribution is 2.13. The normalized spacial score (nSPS) is 11.7. The van der Waals surface area contributed by atoms with Crippen molar-refractivity contribution < 1.29 is 0 Å². The Morgan fingerprint density at radius 2 is 1.93 bits per heavy atom. The third-order valence-corrected chi connectivity index (χ3v) is 3.05. The predicted octanol–water partition coefficient (Wildman–Crippen LogP) is 0.750. The molecule has 0 atom stereocenters. The van der Waals surface area contributed by atoms with Gasteiger partial charge in [-0.05, 0) is 32.5 Å². The van der Waals surface area contributed by atoms with Crippen LogP contribution in [0, 0.1) is 4.77 Å². The molecule has 6 heteroatoms. The highest BCUT2D eigenvalue weighted by atomic mass is 32.1. The number of nitrogens with zero attached hydrogens (tertiary/aromatic N) is 2. The van der Waals surface area contributed by atoms with Gasteiger partial charge in [-0.15, -0.1) is 0 Å². The zero-order valence-corrected chi connectivity index (χ0v) is 10.1. The van der Waals surface area contributed by atoms with Gasteiger partial charge < -0.3 is 0 Å². The van der Waals surface area contributed by atoms with Crippen molar-refractivity contribution in [2.24, 2.45) is 7.05 Å². The quantitative estimate of drug-likeness (QED) is 0.761. The first-order valence-electron chi connectivity index (χ1n) is 4.74. The van der Waals surface area contributed by atoms with Gasteiger partial charge in [-0.3, -0.25) is 9.55 Å². The molecule has 0 aliphatic carbocycles. The summed E-state index contributed by atoms with van der Waals surface area (Å²) in [6.45, 7) is 5.60. The zero-order valence-electron chi connectivity index (χ0n) is 9.33. The first kappa shape index (κ1) is 11.9. The third kappa shape index (κ3) is 1.94. The van der Waals surface area contributed by atoms with E-state index in [-0.39, 0.29) is 10.5 Å². The lowest BCUT2D eigenvalue weighted by molar-refractivity contribution is 0.303. The first-order valence-corrected chi connectivity index (χ1v) is 5.15. The van der Waals surface area contributed by atoms with Crippen LogP contribution in [0.3, 0.4) is 0 Å². The summed E-state index contributed by atoms with van der Waals surface area (Å²) in [6, 6.07) is 0. The third-order valence-electron chi connectivity index (χ3n) is 2.67. The van der Waals surface area contributed by atoms with Gasteiger partial charge in [-0.2, -0.15) is 0 Å². The van der Waals surface area contributed by atoms with Gasteiger partial charge >= 0.3 is 11.4 Å². The highest BCUT2D eigenvalue weighted by molar-refractivity contribution is 7.71. The summed E-state index contributed by atoms with van der Waals surface area (Å²) < 4.78 is 2.60. The summed E-state index contributed by atoms with van der Waals surface area (Å²) in [6.07, 6.45) is 0.687. The van der Waals surface area contributed by atoms with E-state index in [1.165, 1.54) is 9.13 Å². The number of nitrogens with one attached hydrogen (secondary N) is 1. The Labute approximate surface area is 92.4 Å². The maximum atomic E-state index is 11.9. The first-order chi connectivity index (χ1) is 6.81. The second-order valence-electron chi connectivity index (χ2n) is 4.08. The van der Waals surface area contributed by atoms with Gasteiger partial charge in [0.25, 0.3) is 0 Å². The van der Waals surface area contributed by atoms with Crippen molar-refractivity contribution in [3.05, 3.63) is 25.7 Å². The summed E-state index contributed by atoms with van der Waals surface area (Å²) in [4.78, 5) is 26.0. The maximum absolute atomic E-state index is 11.9. The van der Waals surface area contributed by atoms with E-state index in [4.69, 9.17) is 12.2 Å². The number of aromatic nitrogens is 3. The van der Waals surface area contributed by atoms with Crippen molar-refractivity contribution in [1.29, 1.82) is 0 Å². The van der Waals surface area contributed by atoms with Crippen molar-refractivity contribution in [3.63, 3.8) is 0 Å². The van der Waals surface area contributed by atoms with Crippen molar-refractivity contribution >= 4 is 12.2 Å².